The molecule has 0 bridgehead atoms. The monoisotopic (exact) mass is 478 g/mol. The summed E-state index contributed by atoms with van der Waals surface area (Å²) in [6.07, 6.45) is 2.82. The van der Waals surface area contributed by atoms with Crippen molar-refractivity contribution in [2.75, 3.05) is 60.6 Å². The summed E-state index contributed by atoms with van der Waals surface area (Å²) in [7, 11) is 0. The number of hydrogen-bond acceptors (Lipinski definition) is 7. The number of pyridine rings is 1. The van der Waals surface area contributed by atoms with Crippen LogP contribution in [-0.4, -0.2) is 66.9 Å². The summed E-state index contributed by atoms with van der Waals surface area (Å²) in [5.41, 5.74) is 3.39. The Bertz CT molecular complexity index is 1120. The summed E-state index contributed by atoms with van der Waals surface area (Å²) >= 11 is 6.42. The Morgan fingerprint density at radius 2 is 1.79 bits per heavy atom. The number of halogens is 1. The lowest BCUT2D eigenvalue weighted by molar-refractivity contribution is 0.122. The lowest BCUT2D eigenvalue weighted by atomic mass is 10.1. The maximum atomic E-state index is 6.42. The fourth-order valence-corrected chi connectivity index (χ4v) is 4.87. The first-order valence-electron chi connectivity index (χ1n) is 12.1. The molecule has 2 aliphatic heterocycles. The van der Waals surface area contributed by atoms with Crippen molar-refractivity contribution >= 4 is 29.2 Å². The third-order valence-electron chi connectivity index (χ3n) is 6.61. The van der Waals surface area contributed by atoms with E-state index >= 15 is 0 Å². The van der Waals surface area contributed by atoms with Crippen LogP contribution >= 0.6 is 11.6 Å². The fourth-order valence-electron chi connectivity index (χ4n) is 4.63. The largest absolute Gasteiger partial charge is 0.378 e. The van der Waals surface area contributed by atoms with Crippen LogP contribution in [0, 0.1) is 0 Å². The van der Waals surface area contributed by atoms with Gasteiger partial charge in [0.2, 0.25) is 5.95 Å². The van der Waals surface area contributed by atoms with Gasteiger partial charge in [-0.3, -0.25) is 0 Å². The van der Waals surface area contributed by atoms with Gasteiger partial charge in [-0.2, -0.15) is 4.98 Å². The molecule has 2 saturated heterocycles. The average molecular weight is 479 g/mol. The topological polar surface area (TPSA) is 57.6 Å². The predicted octanol–water partition coefficient (Wildman–Crippen LogP) is 4.31. The number of aromatic nitrogens is 3. The second-order valence-corrected chi connectivity index (χ2v) is 9.27. The van der Waals surface area contributed by atoms with Crippen LogP contribution in [0.4, 0.5) is 17.6 Å². The molecule has 2 fully saturated rings. The molecule has 3 aromatic rings. The van der Waals surface area contributed by atoms with Gasteiger partial charge in [0.15, 0.2) is 0 Å². The second kappa shape index (κ2) is 10.2. The number of hydrogen-bond donors (Lipinski definition) is 0. The van der Waals surface area contributed by atoms with Crippen LogP contribution in [-0.2, 0) is 11.2 Å². The first kappa shape index (κ1) is 22.9. The zero-order chi connectivity index (χ0) is 23.5. The normalized spacial score (nSPS) is 18.9. The van der Waals surface area contributed by atoms with E-state index in [-0.39, 0.29) is 6.04 Å². The van der Waals surface area contributed by atoms with E-state index in [4.69, 9.17) is 26.3 Å². The lowest BCUT2D eigenvalue weighted by Gasteiger charge is -2.41. The van der Waals surface area contributed by atoms with Crippen molar-refractivity contribution in [1.82, 2.24) is 15.0 Å². The molecule has 7 nitrogen and oxygen atoms in total. The molecule has 34 heavy (non-hydrogen) atoms. The molecule has 0 saturated carbocycles. The number of piperazine rings is 1. The zero-order valence-corrected chi connectivity index (χ0v) is 20.6. The van der Waals surface area contributed by atoms with Gasteiger partial charge >= 0.3 is 0 Å². The maximum absolute atomic E-state index is 6.42. The first-order chi connectivity index (χ1) is 16.6. The summed E-state index contributed by atoms with van der Waals surface area (Å²) in [4.78, 5) is 21.4. The number of aryl methyl sites for hydroxylation is 1. The average Bonchev–Trinajstić information content (AvgIpc) is 2.89. The quantitative estimate of drug-likeness (QED) is 0.541. The number of ether oxygens (including phenoxy) is 1. The third-order valence-corrected chi connectivity index (χ3v) is 6.91. The summed E-state index contributed by atoms with van der Waals surface area (Å²) in [6.45, 7) is 9.91. The van der Waals surface area contributed by atoms with Gasteiger partial charge in [-0.15, -0.1) is 0 Å². The standard InChI is InChI=1S/C26H31ClN6O/c1-3-20-6-8-21(9-7-20)23-17-24(30-26(29-23)31-13-15-34-16-14-31)33-12-11-32(18-19(33)2)25-22(27)5-4-10-28-25/h4-10,17,19H,3,11-16,18H2,1-2H3/t19-/m1/s1. The van der Waals surface area contributed by atoms with Crippen molar-refractivity contribution in [3.05, 3.63) is 59.2 Å². The Morgan fingerprint density at radius 3 is 2.50 bits per heavy atom. The van der Waals surface area contributed by atoms with Gasteiger partial charge < -0.3 is 19.4 Å². The van der Waals surface area contributed by atoms with Gasteiger partial charge in [0.25, 0.3) is 0 Å². The minimum Gasteiger partial charge on any atom is -0.378 e. The number of morpholine rings is 1. The highest BCUT2D eigenvalue weighted by molar-refractivity contribution is 6.32. The molecule has 1 aromatic carbocycles. The van der Waals surface area contributed by atoms with Crippen LogP contribution < -0.4 is 14.7 Å². The van der Waals surface area contributed by atoms with E-state index in [1.165, 1.54) is 5.56 Å². The van der Waals surface area contributed by atoms with E-state index in [1.54, 1.807) is 6.20 Å². The second-order valence-electron chi connectivity index (χ2n) is 8.86. The molecule has 0 N–H and O–H groups in total. The molecular weight excluding hydrogens is 448 g/mol. The minimum absolute atomic E-state index is 0.245. The molecule has 0 spiro atoms. The highest BCUT2D eigenvalue weighted by atomic mass is 35.5. The lowest BCUT2D eigenvalue weighted by Crippen LogP contribution is -2.53. The van der Waals surface area contributed by atoms with E-state index in [0.29, 0.717) is 18.2 Å². The molecule has 178 valence electrons. The van der Waals surface area contributed by atoms with Crippen LogP contribution in [0.2, 0.25) is 5.02 Å². The number of rotatable bonds is 5. The van der Waals surface area contributed by atoms with Gasteiger partial charge in [0.1, 0.15) is 11.6 Å². The molecule has 1 atom stereocenters. The summed E-state index contributed by atoms with van der Waals surface area (Å²) < 4.78 is 5.56. The Labute approximate surface area is 206 Å². The van der Waals surface area contributed by atoms with Crippen molar-refractivity contribution in [2.24, 2.45) is 0 Å². The molecule has 0 radical (unpaired) electrons. The Hall–Kier alpha value is -2.90. The van der Waals surface area contributed by atoms with Crippen LogP contribution in [0.3, 0.4) is 0 Å². The minimum atomic E-state index is 0.245. The molecule has 0 amide bonds. The van der Waals surface area contributed by atoms with Crippen molar-refractivity contribution in [3.63, 3.8) is 0 Å². The van der Waals surface area contributed by atoms with Crippen molar-refractivity contribution in [1.29, 1.82) is 0 Å². The van der Waals surface area contributed by atoms with Gasteiger partial charge in [0.05, 0.1) is 23.9 Å². The molecule has 5 rings (SSSR count). The molecule has 4 heterocycles. The Balaban J connectivity index is 1.45. The van der Waals surface area contributed by atoms with E-state index in [0.717, 1.165) is 68.0 Å². The molecule has 0 unspecified atom stereocenters. The zero-order valence-electron chi connectivity index (χ0n) is 19.8. The van der Waals surface area contributed by atoms with E-state index in [1.807, 2.05) is 12.1 Å². The number of anilines is 3. The van der Waals surface area contributed by atoms with E-state index in [2.05, 4.69) is 63.9 Å². The van der Waals surface area contributed by atoms with E-state index < -0.39 is 0 Å². The smallest absolute Gasteiger partial charge is 0.228 e. The van der Waals surface area contributed by atoms with Crippen molar-refractivity contribution in [3.8, 4) is 11.3 Å². The van der Waals surface area contributed by atoms with Crippen LogP contribution in [0.5, 0.6) is 0 Å². The molecule has 2 aliphatic rings. The SMILES string of the molecule is CCc1ccc(-c2cc(N3CCN(c4ncccc4Cl)C[C@H]3C)nc(N3CCOCC3)n2)cc1. The van der Waals surface area contributed by atoms with Gasteiger partial charge in [-0.25, -0.2) is 9.97 Å². The first-order valence-corrected chi connectivity index (χ1v) is 12.4. The van der Waals surface area contributed by atoms with Crippen molar-refractivity contribution in [2.45, 2.75) is 26.3 Å². The van der Waals surface area contributed by atoms with Crippen molar-refractivity contribution < 1.29 is 4.74 Å². The summed E-state index contributed by atoms with van der Waals surface area (Å²) in [5.74, 6) is 2.59. The Morgan fingerprint density at radius 1 is 1.00 bits per heavy atom. The highest BCUT2D eigenvalue weighted by Gasteiger charge is 2.28. The van der Waals surface area contributed by atoms with Crippen LogP contribution in [0.15, 0.2) is 48.7 Å². The molecule has 2 aromatic heterocycles. The fraction of sp³-hybridized carbons (Fsp3) is 0.423. The predicted molar refractivity (Wildman–Crippen MR) is 138 cm³/mol. The summed E-state index contributed by atoms with van der Waals surface area (Å²) in [5, 5.41) is 0.692. The number of nitrogens with zero attached hydrogens (tertiary/aromatic N) is 6. The molecular formula is C26H31ClN6O. The maximum Gasteiger partial charge on any atom is 0.228 e. The molecule has 8 heteroatoms. The van der Waals surface area contributed by atoms with Crippen LogP contribution in [0.25, 0.3) is 11.3 Å². The van der Waals surface area contributed by atoms with Gasteiger partial charge in [-0.05, 0) is 31.0 Å². The Kier molecular flexibility index (Phi) is 6.83. The third kappa shape index (κ3) is 4.81. The van der Waals surface area contributed by atoms with Crippen LogP contribution in [0.1, 0.15) is 19.4 Å². The molecule has 0 aliphatic carbocycles. The number of benzene rings is 1. The van der Waals surface area contributed by atoms with E-state index in [9.17, 15) is 0 Å². The van der Waals surface area contributed by atoms with Gasteiger partial charge in [-0.1, -0.05) is 42.8 Å². The highest BCUT2D eigenvalue weighted by Crippen LogP contribution is 2.30. The summed E-state index contributed by atoms with van der Waals surface area (Å²) in [6, 6.07) is 14.8. The van der Waals surface area contributed by atoms with Gasteiger partial charge in [0, 0.05) is 56.6 Å².